The number of nitrogens with zero attached hydrogens (tertiary/aromatic N) is 1. The molecule has 0 aliphatic carbocycles. The van der Waals surface area contributed by atoms with Crippen molar-refractivity contribution in [1.29, 1.82) is 0 Å². The molecule has 1 fully saturated rings. The summed E-state index contributed by atoms with van der Waals surface area (Å²) in [6.45, 7) is 2.35. The number of nitrogen functional groups attached to an aromatic ring is 1. The summed E-state index contributed by atoms with van der Waals surface area (Å²) in [5.41, 5.74) is 6.72. The Balaban J connectivity index is 2.18. The smallest absolute Gasteiger partial charge is 0.335 e. The van der Waals surface area contributed by atoms with Crippen molar-refractivity contribution in [3.05, 3.63) is 23.8 Å². The Morgan fingerprint density at radius 3 is 2.65 bits per heavy atom. The van der Waals surface area contributed by atoms with Crippen molar-refractivity contribution in [1.82, 2.24) is 0 Å². The minimum absolute atomic E-state index is 0.0656. The summed E-state index contributed by atoms with van der Waals surface area (Å²) in [7, 11) is 1.64. The first-order valence-electron chi connectivity index (χ1n) is 6.42. The molecule has 2 rings (SSSR count). The van der Waals surface area contributed by atoms with Crippen molar-refractivity contribution in [2.75, 3.05) is 24.3 Å². The molecule has 0 bridgehead atoms. The fraction of sp³-hybridized carbons (Fsp3) is 0.429. The Morgan fingerprint density at radius 2 is 2.15 bits per heavy atom. The average molecular weight is 278 g/mol. The summed E-state index contributed by atoms with van der Waals surface area (Å²) in [4.78, 5) is 24.7. The molecule has 3 N–H and O–H groups in total. The van der Waals surface area contributed by atoms with Gasteiger partial charge in [-0.25, -0.2) is 4.79 Å². The van der Waals surface area contributed by atoms with Gasteiger partial charge in [0.1, 0.15) is 0 Å². The van der Waals surface area contributed by atoms with Crippen LogP contribution < -0.4 is 10.6 Å². The van der Waals surface area contributed by atoms with Gasteiger partial charge in [0.15, 0.2) is 0 Å². The molecular weight excluding hydrogens is 260 g/mol. The minimum atomic E-state index is -1.05. The van der Waals surface area contributed by atoms with Crippen molar-refractivity contribution in [2.45, 2.75) is 19.4 Å². The normalized spacial score (nSPS) is 21.7. The summed E-state index contributed by atoms with van der Waals surface area (Å²) >= 11 is 0. The third-order valence-electron chi connectivity index (χ3n) is 3.51. The zero-order valence-electron chi connectivity index (χ0n) is 11.5. The molecular formula is C14H18N2O4. The quantitative estimate of drug-likeness (QED) is 0.814. The maximum atomic E-state index is 12.3. The van der Waals surface area contributed by atoms with E-state index in [1.165, 1.54) is 17.0 Å². The van der Waals surface area contributed by atoms with E-state index in [0.29, 0.717) is 18.7 Å². The molecule has 0 aromatic heterocycles. The highest BCUT2D eigenvalue weighted by molar-refractivity contribution is 5.99. The molecule has 2 atom stereocenters. The van der Waals surface area contributed by atoms with Gasteiger partial charge < -0.3 is 20.5 Å². The number of benzene rings is 1. The number of carboxylic acids is 1. The number of carboxylic acid groups (broad SMARTS) is 1. The van der Waals surface area contributed by atoms with Gasteiger partial charge in [-0.05, 0) is 31.5 Å². The number of ether oxygens (including phenoxy) is 1. The number of nitrogens with two attached hydrogens (primary N) is 1. The Labute approximate surface area is 117 Å². The maximum absolute atomic E-state index is 12.3. The van der Waals surface area contributed by atoms with Gasteiger partial charge in [-0.15, -0.1) is 0 Å². The molecule has 20 heavy (non-hydrogen) atoms. The van der Waals surface area contributed by atoms with Crippen molar-refractivity contribution in [3.8, 4) is 0 Å². The van der Waals surface area contributed by atoms with Crippen LogP contribution in [0.4, 0.5) is 11.4 Å². The van der Waals surface area contributed by atoms with Crippen molar-refractivity contribution in [3.63, 3.8) is 0 Å². The molecule has 0 radical (unpaired) electrons. The zero-order valence-corrected chi connectivity index (χ0v) is 11.5. The summed E-state index contributed by atoms with van der Waals surface area (Å²) in [6.07, 6.45) is 0.778. The van der Waals surface area contributed by atoms with E-state index in [0.717, 1.165) is 0 Å². The maximum Gasteiger partial charge on any atom is 0.335 e. The summed E-state index contributed by atoms with van der Waals surface area (Å²) in [5.74, 6) is -1.28. The van der Waals surface area contributed by atoms with Crippen LogP contribution in [0.5, 0.6) is 0 Å². The Morgan fingerprint density at radius 1 is 1.45 bits per heavy atom. The second-order valence-electron chi connectivity index (χ2n) is 5.05. The van der Waals surface area contributed by atoms with E-state index < -0.39 is 5.97 Å². The van der Waals surface area contributed by atoms with Crippen LogP contribution in [0.2, 0.25) is 0 Å². The SMILES string of the molecule is CC1CC(C(=O)N(C)c2ccc(C(=O)O)cc2N)CO1. The standard InChI is InChI=1S/C14H18N2O4/c1-8-5-10(7-20-8)13(17)16(2)12-4-3-9(14(18)19)6-11(12)15/h3-4,6,8,10H,5,7,15H2,1-2H3,(H,18,19). The second-order valence-corrected chi connectivity index (χ2v) is 5.05. The van der Waals surface area contributed by atoms with E-state index in [2.05, 4.69) is 0 Å². The van der Waals surface area contributed by atoms with Crippen molar-refractivity contribution < 1.29 is 19.4 Å². The predicted octanol–water partition coefficient (Wildman–Crippen LogP) is 1.35. The molecule has 1 aromatic carbocycles. The number of hydrogen-bond donors (Lipinski definition) is 2. The molecule has 1 amide bonds. The van der Waals surface area contributed by atoms with Crippen LogP contribution in [-0.4, -0.2) is 36.7 Å². The van der Waals surface area contributed by atoms with Crippen molar-refractivity contribution >= 4 is 23.3 Å². The van der Waals surface area contributed by atoms with E-state index >= 15 is 0 Å². The van der Waals surface area contributed by atoms with Gasteiger partial charge in [-0.3, -0.25) is 4.79 Å². The van der Waals surface area contributed by atoms with Crippen LogP contribution in [0.15, 0.2) is 18.2 Å². The molecule has 108 valence electrons. The van der Waals surface area contributed by atoms with Crippen molar-refractivity contribution in [2.24, 2.45) is 5.92 Å². The number of amides is 1. The van der Waals surface area contributed by atoms with E-state index in [9.17, 15) is 9.59 Å². The first-order valence-corrected chi connectivity index (χ1v) is 6.42. The zero-order chi connectivity index (χ0) is 14.9. The fourth-order valence-corrected chi connectivity index (χ4v) is 2.37. The number of carbonyl (C=O) groups excluding carboxylic acids is 1. The first-order chi connectivity index (χ1) is 9.40. The van der Waals surface area contributed by atoms with Crippen LogP contribution in [-0.2, 0) is 9.53 Å². The predicted molar refractivity (Wildman–Crippen MR) is 74.7 cm³/mol. The summed E-state index contributed by atoms with van der Waals surface area (Å²) in [6, 6.07) is 4.34. The fourth-order valence-electron chi connectivity index (χ4n) is 2.37. The van der Waals surface area contributed by atoms with E-state index in [-0.39, 0.29) is 29.2 Å². The lowest BCUT2D eigenvalue weighted by Gasteiger charge is -2.22. The highest BCUT2D eigenvalue weighted by Gasteiger charge is 2.31. The molecule has 6 heteroatoms. The van der Waals surface area contributed by atoms with Gasteiger partial charge in [0, 0.05) is 7.05 Å². The third-order valence-corrected chi connectivity index (χ3v) is 3.51. The molecule has 1 saturated heterocycles. The van der Waals surface area contributed by atoms with Gasteiger partial charge >= 0.3 is 5.97 Å². The number of aromatic carboxylic acids is 1. The molecule has 2 unspecified atom stereocenters. The first kappa shape index (κ1) is 14.3. The van der Waals surface area contributed by atoms with Crippen LogP contribution in [0.25, 0.3) is 0 Å². The van der Waals surface area contributed by atoms with E-state index in [1.54, 1.807) is 13.1 Å². The van der Waals surface area contributed by atoms with Gasteiger partial charge in [0.05, 0.1) is 35.6 Å². The van der Waals surface area contributed by atoms with Gasteiger partial charge in [-0.1, -0.05) is 0 Å². The Kier molecular flexibility index (Phi) is 3.94. The van der Waals surface area contributed by atoms with E-state index in [1.807, 2.05) is 6.92 Å². The topological polar surface area (TPSA) is 92.9 Å². The third kappa shape index (κ3) is 2.75. The minimum Gasteiger partial charge on any atom is -0.478 e. The molecule has 1 aromatic rings. The van der Waals surface area contributed by atoms with Gasteiger partial charge in [0.2, 0.25) is 5.91 Å². The molecule has 1 aliphatic rings. The Hall–Kier alpha value is -2.08. The lowest BCUT2D eigenvalue weighted by molar-refractivity contribution is -0.122. The van der Waals surface area contributed by atoms with Gasteiger partial charge in [0.25, 0.3) is 0 Å². The van der Waals surface area contributed by atoms with E-state index in [4.69, 9.17) is 15.6 Å². The lowest BCUT2D eigenvalue weighted by atomic mass is 10.0. The highest BCUT2D eigenvalue weighted by Crippen LogP contribution is 2.27. The average Bonchev–Trinajstić information content (AvgIpc) is 2.83. The van der Waals surface area contributed by atoms with Crippen LogP contribution >= 0.6 is 0 Å². The largest absolute Gasteiger partial charge is 0.478 e. The molecule has 0 saturated carbocycles. The van der Waals surface area contributed by atoms with Crippen LogP contribution in [0.3, 0.4) is 0 Å². The number of rotatable bonds is 3. The van der Waals surface area contributed by atoms with Crippen LogP contribution in [0, 0.1) is 5.92 Å². The highest BCUT2D eigenvalue weighted by atomic mass is 16.5. The lowest BCUT2D eigenvalue weighted by Crippen LogP contribution is -2.33. The Bertz CT molecular complexity index is 544. The summed E-state index contributed by atoms with van der Waals surface area (Å²) < 4.78 is 5.40. The number of carbonyl (C=O) groups is 2. The van der Waals surface area contributed by atoms with Crippen LogP contribution in [0.1, 0.15) is 23.7 Å². The number of hydrogen-bond acceptors (Lipinski definition) is 4. The molecule has 1 heterocycles. The molecule has 0 spiro atoms. The summed E-state index contributed by atoms with van der Waals surface area (Å²) in [5, 5.41) is 8.90. The molecule has 1 aliphatic heterocycles. The molecule has 6 nitrogen and oxygen atoms in total. The number of anilines is 2. The monoisotopic (exact) mass is 278 g/mol. The van der Waals surface area contributed by atoms with Gasteiger partial charge in [-0.2, -0.15) is 0 Å². The second kappa shape index (κ2) is 5.50.